The van der Waals surface area contributed by atoms with E-state index in [9.17, 15) is 9.18 Å². The number of carbonyl (C=O) groups is 1. The fourth-order valence-electron chi connectivity index (χ4n) is 7.33. The quantitative estimate of drug-likeness (QED) is 0.288. The Morgan fingerprint density at radius 3 is 2.64 bits per heavy atom. The summed E-state index contributed by atoms with van der Waals surface area (Å²) < 4.78 is 24.9. The number of piperidine rings is 1. The summed E-state index contributed by atoms with van der Waals surface area (Å²) in [5.74, 6) is 2.43. The van der Waals surface area contributed by atoms with E-state index < -0.39 is 6.17 Å². The molecule has 8 nitrogen and oxygen atoms in total. The molecule has 1 saturated heterocycles. The van der Waals surface area contributed by atoms with E-state index in [0.29, 0.717) is 40.6 Å². The number of aromatic nitrogens is 4. The molecule has 2 N–H and O–H groups in total. The number of alkyl halides is 1. The second kappa shape index (κ2) is 10.4. The van der Waals surface area contributed by atoms with Crippen LogP contribution in [0.4, 0.5) is 4.39 Å². The molecule has 0 radical (unpaired) electrons. The number of nitrogens with two attached hydrogens (primary N) is 1. The van der Waals surface area contributed by atoms with Gasteiger partial charge in [0.05, 0.1) is 24.9 Å². The molecule has 3 aliphatic rings. The van der Waals surface area contributed by atoms with Crippen molar-refractivity contribution < 1.29 is 13.9 Å². The highest BCUT2D eigenvalue weighted by Gasteiger charge is 2.39. The van der Waals surface area contributed by atoms with Crippen LogP contribution in [0.2, 0.25) is 0 Å². The number of methoxy groups -OCH3 is 1. The van der Waals surface area contributed by atoms with Gasteiger partial charge in [-0.1, -0.05) is 20.3 Å². The highest BCUT2D eigenvalue weighted by Crippen LogP contribution is 2.49. The Hall–Kier alpha value is -3.46. The molecule has 1 amide bonds. The summed E-state index contributed by atoms with van der Waals surface area (Å²) >= 11 is 0. The molecular formula is C33H41FN6O2. The van der Waals surface area contributed by atoms with Crippen molar-refractivity contribution in [1.82, 2.24) is 24.0 Å². The fraction of sp³-hybridized carbons (Fsp3) is 0.545. The number of benzene rings is 1. The van der Waals surface area contributed by atoms with Crippen molar-refractivity contribution in [2.45, 2.75) is 77.7 Å². The van der Waals surface area contributed by atoms with Crippen LogP contribution in [0.25, 0.3) is 33.6 Å². The fourth-order valence-corrected chi connectivity index (χ4v) is 7.33. The summed E-state index contributed by atoms with van der Waals surface area (Å²) in [4.78, 5) is 25.1. The zero-order valence-electron chi connectivity index (χ0n) is 24.9. The normalized spacial score (nSPS) is 26.1. The molecule has 4 aromatic rings. The van der Waals surface area contributed by atoms with Gasteiger partial charge >= 0.3 is 0 Å². The second-order valence-electron chi connectivity index (χ2n) is 13.3. The lowest BCUT2D eigenvalue weighted by molar-refractivity contribution is 0.0597. The Balaban J connectivity index is 1.37. The zero-order valence-corrected chi connectivity index (χ0v) is 24.9. The highest BCUT2D eigenvalue weighted by molar-refractivity contribution is 6.00. The third-order valence-corrected chi connectivity index (χ3v) is 9.87. The van der Waals surface area contributed by atoms with Gasteiger partial charge in [0.25, 0.3) is 5.91 Å². The standard InChI is InChI=1S/C33H41FN6O2/c1-4-33(2)14-21(15-33)17-40-29-26(10-23(12-28(29)42-3)32(41)38-18-24(34)13-25(35)19-38)37-31(40)27-11-22-6-5-9-36-30(22)39(27)16-20-7-8-20/h5-6,9-12,20-21,24-25H,4,7-8,13-19,35H2,1-3H3/t21?,24-,25-,33?/m1/s1. The number of fused-ring (bicyclic) bond motifs is 2. The van der Waals surface area contributed by atoms with Crippen LogP contribution in [0, 0.1) is 17.3 Å². The van der Waals surface area contributed by atoms with Crippen LogP contribution in [-0.4, -0.2) is 62.3 Å². The van der Waals surface area contributed by atoms with Gasteiger partial charge < -0.3 is 24.5 Å². The Kier molecular flexibility index (Phi) is 6.76. The van der Waals surface area contributed by atoms with E-state index in [2.05, 4.69) is 35.1 Å². The van der Waals surface area contributed by atoms with Gasteiger partial charge in [0, 0.05) is 42.8 Å². The molecule has 0 unspecified atom stereocenters. The maximum atomic E-state index is 14.3. The molecule has 2 saturated carbocycles. The van der Waals surface area contributed by atoms with E-state index in [1.807, 2.05) is 18.3 Å². The van der Waals surface area contributed by atoms with Crippen molar-refractivity contribution >= 4 is 28.0 Å². The average molecular weight is 573 g/mol. The molecule has 1 aliphatic heterocycles. The minimum absolute atomic E-state index is 0.0543. The molecule has 222 valence electrons. The minimum Gasteiger partial charge on any atom is -0.494 e. The van der Waals surface area contributed by atoms with Gasteiger partial charge in [-0.2, -0.15) is 0 Å². The number of carbonyl (C=O) groups excluding carboxylic acids is 1. The number of hydrogen-bond acceptors (Lipinski definition) is 5. The van der Waals surface area contributed by atoms with Crippen molar-refractivity contribution in [3.8, 4) is 17.3 Å². The Bertz CT molecular complexity index is 1640. The number of imidazole rings is 1. The molecule has 0 bridgehead atoms. The van der Waals surface area contributed by atoms with Crippen molar-refractivity contribution in [3.63, 3.8) is 0 Å². The van der Waals surface area contributed by atoms with Gasteiger partial charge in [0.15, 0.2) is 5.82 Å². The van der Waals surface area contributed by atoms with E-state index >= 15 is 0 Å². The molecule has 2 atom stereocenters. The smallest absolute Gasteiger partial charge is 0.254 e. The van der Waals surface area contributed by atoms with Crippen LogP contribution in [0.15, 0.2) is 36.5 Å². The van der Waals surface area contributed by atoms with Crippen LogP contribution in [0.5, 0.6) is 5.75 Å². The van der Waals surface area contributed by atoms with Crippen LogP contribution >= 0.6 is 0 Å². The molecule has 7 rings (SSSR count). The summed E-state index contributed by atoms with van der Waals surface area (Å²) in [5, 5.41) is 1.10. The van der Waals surface area contributed by atoms with E-state index in [4.69, 9.17) is 20.4 Å². The molecule has 1 aromatic carbocycles. The van der Waals surface area contributed by atoms with Crippen molar-refractivity contribution in [3.05, 3.63) is 42.1 Å². The third kappa shape index (κ3) is 4.85. The van der Waals surface area contributed by atoms with Gasteiger partial charge in [-0.3, -0.25) is 4.79 Å². The Labute approximate surface area is 246 Å². The number of halogens is 1. The van der Waals surface area contributed by atoms with E-state index in [1.165, 1.54) is 37.0 Å². The number of rotatable bonds is 8. The maximum absolute atomic E-state index is 14.3. The van der Waals surface area contributed by atoms with Crippen LogP contribution in [0.3, 0.4) is 0 Å². The predicted molar refractivity (Wildman–Crippen MR) is 162 cm³/mol. The summed E-state index contributed by atoms with van der Waals surface area (Å²) in [6, 6.07) is 9.56. The van der Waals surface area contributed by atoms with Crippen LogP contribution in [-0.2, 0) is 13.1 Å². The molecule has 2 aliphatic carbocycles. The first-order valence-corrected chi connectivity index (χ1v) is 15.5. The van der Waals surface area contributed by atoms with Gasteiger partial charge in [-0.15, -0.1) is 0 Å². The summed E-state index contributed by atoms with van der Waals surface area (Å²) in [5.41, 5.74) is 10.5. The highest BCUT2D eigenvalue weighted by atomic mass is 19.1. The summed E-state index contributed by atoms with van der Waals surface area (Å²) in [6.45, 7) is 6.79. The van der Waals surface area contributed by atoms with Crippen molar-refractivity contribution in [2.75, 3.05) is 20.2 Å². The molecular weight excluding hydrogens is 531 g/mol. The lowest BCUT2D eigenvalue weighted by Crippen LogP contribution is -2.50. The maximum Gasteiger partial charge on any atom is 0.254 e. The topological polar surface area (TPSA) is 91.2 Å². The molecule has 42 heavy (non-hydrogen) atoms. The lowest BCUT2D eigenvalue weighted by atomic mass is 9.62. The summed E-state index contributed by atoms with van der Waals surface area (Å²) in [7, 11) is 1.64. The molecule has 0 spiro atoms. The number of pyridine rings is 1. The third-order valence-electron chi connectivity index (χ3n) is 9.87. The molecule has 3 aromatic heterocycles. The van der Waals surface area contributed by atoms with Crippen molar-refractivity contribution in [2.24, 2.45) is 23.0 Å². The number of ether oxygens (including phenoxy) is 1. The SMILES string of the molecule is CCC1(C)CC(Cn2c(-c3cc4cccnc4n3CC3CC3)nc3cc(C(=O)N4C[C@H](N)C[C@@H](F)C4)cc(OC)c32)C1. The van der Waals surface area contributed by atoms with E-state index in [1.54, 1.807) is 13.2 Å². The summed E-state index contributed by atoms with van der Waals surface area (Å²) in [6.07, 6.45) is 7.01. The zero-order chi connectivity index (χ0) is 29.2. The number of nitrogens with zero attached hydrogens (tertiary/aromatic N) is 5. The predicted octanol–water partition coefficient (Wildman–Crippen LogP) is 5.81. The van der Waals surface area contributed by atoms with Gasteiger partial charge in [0.2, 0.25) is 0 Å². The molecule has 3 fully saturated rings. The van der Waals surface area contributed by atoms with Crippen LogP contribution < -0.4 is 10.5 Å². The molecule has 9 heteroatoms. The van der Waals surface area contributed by atoms with Gasteiger partial charge in [-0.25, -0.2) is 14.4 Å². The first-order valence-electron chi connectivity index (χ1n) is 15.5. The monoisotopic (exact) mass is 572 g/mol. The van der Waals surface area contributed by atoms with Crippen molar-refractivity contribution in [1.29, 1.82) is 0 Å². The van der Waals surface area contributed by atoms with E-state index in [0.717, 1.165) is 41.2 Å². The van der Waals surface area contributed by atoms with Gasteiger partial charge in [-0.05, 0) is 79.7 Å². The van der Waals surface area contributed by atoms with E-state index in [-0.39, 0.29) is 24.9 Å². The second-order valence-corrected chi connectivity index (χ2v) is 13.3. The Morgan fingerprint density at radius 2 is 1.93 bits per heavy atom. The first kappa shape index (κ1) is 27.4. The average Bonchev–Trinajstić information content (AvgIpc) is 3.61. The minimum atomic E-state index is -1.12. The largest absolute Gasteiger partial charge is 0.494 e. The van der Waals surface area contributed by atoms with Gasteiger partial charge in [0.1, 0.15) is 23.1 Å². The number of amides is 1. The number of likely N-dealkylation sites (tertiary alicyclic amines) is 1. The molecule has 4 heterocycles. The van der Waals surface area contributed by atoms with Crippen LogP contribution in [0.1, 0.15) is 62.7 Å². The lowest BCUT2D eigenvalue weighted by Gasteiger charge is -2.45. The Morgan fingerprint density at radius 1 is 1.14 bits per heavy atom. The first-order chi connectivity index (χ1) is 20.2. The number of hydrogen-bond donors (Lipinski definition) is 1.